The maximum Gasteiger partial charge on any atom is 0.336 e. The largest absolute Gasteiger partial charge is 0.466 e. The van der Waals surface area contributed by atoms with Gasteiger partial charge in [-0.15, -0.1) is 0 Å². The number of carbonyl (C=O) groups is 2. The number of fused-ring (bicyclic) bond motifs is 1. The zero-order valence-electron chi connectivity index (χ0n) is 17.1. The first-order chi connectivity index (χ1) is 14.0. The number of aryl methyl sites for hydroxylation is 2. The van der Waals surface area contributed by atoms with Gasteiger partial charge in [-0.05, 0) is 49.8 Å². The van der Waals surface area contributed by atoms with Crippen molar-refractivity contribution in [3.63, 3.8) is 0 Å². The minimum absolute atomic E-state index is 0.105. The van der Waals surface area contributed by atoms with E-state index in [0.29, 0.717) is 24.4 Å². The van der Waals surface area contributed by atoms with Crippen molar-refractivity contribution in [3.8, 4) is 5.75 Å². The first-order valence-corrected chi connectivity index (χ1v) is 10.4. The molecule has 0 N–H and O–H groups in total. The van der Waals surface area contributed by atoms with Gasteiger partial charge < -0.3 is 13.9 Å². The van der Waals surface area contributed by atoms with Crippen molar-refractivity contribution in [2.24, 2.45) is 5.92 Å². The van der Waals surface area contributed by atoms with Crippen molar-refractivity contribution in [1.82, 2.24) is 0 Å². The van der Waals surface area contributed by atoms with E-state index in [1.165, 1.54) is 6.07 Å². The third-order valence-corrected chi connectivity index (χ3v) is 5.35. The summed E-state index contributed by atoms with van der Waals surface area (Å²) >= 11 is 0. The quantitative estimate of drug-likeness (QED) is 0.387. The molecule has 1 aromatic carbocycles. The molecule has 6 heteroatoms. The van der Waals surface area contributed by atoms with Gasteiger partial charge in [0.05, 0.1) is 12.5 Å². The van der Waals surface area contributed by atoms with Crippen LogP contribution in [0.4, 0.5) is 0 Å². The molecule has 2 aromatic rings. The van der Waals surface area contributed by atoms with Crippen LogP contribution in [0.15, 0.2) is 27.4 Å². The fraction of sp³-hybridized carbons (Fsp3) is 0.522. The highest BCUT2D eigenvalue weighted by molar-refractivity contribution is 5.84. The molecule has 0 atom stereocenters. The molecule has 0 saturated heterocycles. The summed E-state index contributed by atoms with van der Waals surface area (Å²) in [4.78, 5) is 36.4. The van der Waals surface area contributed by atoms with Gasteiger partial charge in [0.2, 0.25) is 0 Å². The lowest BCUT2D eigenvalue weighted by Crippen LogP contribution is -2.23. The van der Waals surface area contributed by atoms with Gasteiger partial charge in [0.25, 0.3) is 0 Å². The number of ether oxygens (including phenoxy) is 2. The highest BCUT2D eigenvalue weighted by Gasteiger charge is 2.24. The standard InChI is InChI=1S/C23H28O6/c1-3-11-27-21(24)10-9-17-13-18-15(2)12-22(25)28-20(18)14-19(17)29-23(26)16-7-5-4-6-8-16/h12-14,16H,3-11H2,1-2H3. The average Bonchev–Trinajstić information content (AvgIpc) is 2.71. The van der Waals surface area contributed by atoms with Crippen LogP contribution in [-0.2, 0) is 20.7 Å². The second-order valence-electron chi connectivity index (χ2n) is 7.68. The summed E-state index contributed by atoms with van der Waals surface area (Å²) in [6.45, 7) is 4.16. The van der Waals surface area contributed by atoms with Crippen LogP contribution in [0.1, 0.15) is 63.0 Å². The molecule has 29 heavy (non-hydrogen) atoms. The maximum absolute atomic E-state index is 12.7. The molecule has 1 aliphatic rings. The Morgan fingerprint density at radius 2 is 1.90 bits per heavy atom. The minimum atomic E-state index is -0.449. The Kier molecular flexibility index (Phi) is 7.07. The van der Waals surface area contributed by atoms with E-state index in [0.717, 1.165) is 55.0 Å². The van der Waals surface area contributed by atoms with Crippen molar-refractivity contribution in [1.29, 1.82) is 0 Å². The zero-order chi connectivity index (χ0) is 20.8. The Bertz CT molecular complexity index is 936. The molecule has 1 aliphatic carbocycles. The highest BCUT2D eigenvalue weighted by atomic mass is 16.5. The number of benzene rings is 1. The van der Waals surface area contributed by atoms with Crippen LogP contribution >= 0.6 is 0 Å². The Balaban J connectivity index is 1.88. The molecule has 6 nitrogen and oxygen atoms in total. The van der Waals surface area contributed by atoms with Crippen molar-refractivity contribution in [2.75, 3.05) is 6.61 Å². The Morgan fingerprint density at radius 1 is 1.14 bits per heavy atom. The molecular weight excluding hydrogens is 372 g/mol. The molecule has 0 unspecified atom stereocenters. The van der Waals surface area contributed by atoms with Gasteiger partial charge in [-0.2, -0.15) is 0 Å². The van der Waals surface area contributed by atoms with E-state index in [2.05, 4.69) is 0 Å². The summed E-state index contributed by atoms with van der Waals surface area (Å²) in [5.41, 5.74) is 1.43. The molecule has 3 rings (SSSR count). The van der Waals surface area contributed by atoms with Crippen molar-refractivity contribution >= 4 is 22.9 Å². The summed E-state index contributed by atoms with van der Waals surface area (Å²) in [7, 11) is 0. The minimum Gasteiger partial charge on any atom is -0.466 e. The molecule has 1 fully saturated rings. The van der Waals surface area contributed by atoms with Crippen LogP contribution in [0.3, 0.4) is 0 Å². The topological polar surface area (TPSA) is 82.8 Å². The van der Waals surface area contributed by atoms with Crippen LogP contribution in [0.2, 0.25) is 0 Å². The van der Waals surface area contributed by atoms with Crippen LogP contribution in [0.25, 0.3) is 11.0 Å². The van der Waals surface area contributed by atoms with Gasteiger partial charge >= 0.3 is 17.6 Å². The Hall–Kier alpha value is -2.63. The molecular formula is C23H28O6. The Morgan fingerprint density at radius 3 is 2.62 bits per heavy atom. The lowest BCUT2D eigenvalue weighted by Gasteiger charge is -2.21. The molecule has 0 amide bonds. The van der Waals surface area contributed by atoms with Gasteiger partial charge in [-0.25, -0.2) is 4.79 Å². The molecule has 0 radical (unpaired) electrons. The molecule has 1 aromatic heterocycles. The molecule has 0 spiro atoms. The number of carbonyl (C=O) groups excluding carboxylic acids is 2. The lowest BCUT2D eigenvalue weighted by atomic mass is 9.89. The van der Waals surface area contributed by atoms with E-state index < -0.39 is 5.63 Å². The van der Waals surface area contributed by atoms with Crippen LogP contribution in [0.5, 0.6) is 5.75 Å². The molecule has 156 valence electrons. The summed E-state index contributed by atoms with van der Waals surface area (Å²) in [6.07, 6.45) is 6.21. The number of hydrogen-bond donors (Lipinski definition) is 0. The highest BCUT2D eigenvalue weighted by Crippen LogP contribution is 2.31. The van der Waals surface area contributed by atoms with Crippen LogP contribution < -0.4 is 10.4 Å². The Labute approximate surface area is 170 Å². The van der Waals surface area contributed by atoms with Crippen molar-refractivity contribution in [2.45, 2.75) is 65.2 Å². The van der Waals surface area contributed by atoms with Gasteiger partial charge in [0, 0.05) is 23.9 Å². The van der Waals surface area contributed by atoms with E-state index in [-0.39, 0.29) is 24.3 Å². The lowest BCUT2D eigenvalue weighted by molar-refractivity contribution is -0.143. The number of rotatable bonds is 7. The fourth-order valence-electron chi connectivity index (χ4n) is 3.74. The van der Waals surface area contributed by atoms with E-state index in [4.69, 9.17) is 13.9 Å². The summed E-state index contributed by atoms with van der Waals surface area (Å²) < 4.78 is 16.2. The van der Waals surface area contributed by atoms with Crippen molar-refractivity contribution < 1.29 is 23.5 Å². The summed E-state index contributed by atoms with van der Waals surface area (Å²) in [5, 5.41) is 0.763. The smallest absolute Gasteiger partial charge is 0.336 e. The summed E-state index contributed by atoms with van der Waals surface area (Å²) in [5.74, 6) is -0.293. The molecule has 0 aliphatic heterocycles. The third-order valence-electron chi connectivity index (χ3n) is 5.35. The first kappa shape index (κ1) is 21.1. The fourth-order valence-corrected chi connectivity index (χ4v) is 3.74. The van der Waals surface area contributed by atoms with Crippen LogP contribution in [-0.4, -0.2) is 18.5 Å². The van der Waals surface area contributed by atoms with E-state index in [1.54, 1.807) is 6.07 Å². The third kappa shape index (κ3) is 5.46. The van der Waals surface area contributed by atoms with E-state index in [1.807, 2.05) is 19.9 Å². The molecule has 1 saturated carbocycles. The normalized spacial score (nSPS) is 14.7. The van der Waals surface area contributed by atoms with Gasteiger partial charge in [-0.1, -0.05) is 26.2 Å². The first-order valence-electron chi connectivity index (χ1n) is 10.4. The molecule has 1 heterocycles. The predicted octanol–water partition coefficient (Wildman–Crippen LogP) is 4.47. The average molecular weight is 400 g/mol. The van der Waals surface area contributed by atoms with Crippen LogP contribution in [0, 0.1) is 12.8 Å². The number of hydrogen-bond acceptors (Lipinski definition) is 6. The van der Waals surface area contributed by atoms with E-state index in [9.17, 15) is 14.4 Å². The van der Waals surface area contributed by atoms with E-state index >= 15 is 0 Å². The van der Waals surface area contributed by atoms with Gasteiger partial charge in [-0.3, -0.25) is 9.59 Å². The number of esters is 2. The monoisotopic (exact) mass is 400 g/mol. The van der Waals surface area contributed by atoms with Crippen molar-refractivity contribution in [3.05, 3.63) is 39.7 Å². The maximum atomic E-state index is 12.7. The molecule has 0 bridgehead atoms. The zero-order valence-corrected chi connectivity index (χ0v) is 17.1. The summed E-state index contributed by atoms with van der Waals surface area (Å²) in [6, 6.07) is 4.86. The van der Waals surface area contributed by atoms with Gasteiger partial charge in [0.15, 0.2) is 0 Å². The SMILES string of the molecule is CCCOC(=O)CCc1cc2c(C)cc(=O)oc2cc1OC(=O)C1CCCCC1. The van der Waals surface area contributed by atoms with Gasteiger partial charge in [0.1, 0.15) is 11.3 Å². The second-order valence-corrected chi connectivity index (χ2v) is 7.68. The predicted molar refractivity (Wildman–Crippen MR) is 109 cm³/mol. The second kappa shape index (κ2) is 9.72.